The van der Waals surface area contributed by atoms with E-state index < -0.39 is 6.03 Å². The second kappa shape index (κ2) is 8.78. The van der Waals surface area contributed by atoms with E-state index in [1.54, 1.807) is 18.2 Å². The number of hydrogen-bond donors (Lipinski definition) is 3. The lowest BCUT2D eigenvalue weighted by atomic mass is 9.91. The van der Waals surface area contributed by atoms with Gasteiger partial charge >= 0.3 is 6.03 Å². The summed E-state index contributed by atoms with van der Waals surface area (Å²) in [5, 5.41) is 11.6. The number of nitrogens with one attached hydrogen (secondary N) is 3. The standard InChI is InChI=1S/C23H20Cl2N4O/c1-14-6-8-15(9-7-14)21-13-22(19-4-2-3-5-20(19)27-21)28-29-23(30)26-18-11-16(24)10-17(25)12-18/h2-12,21,27H,13H2,1H3,(H2,26,29,30). The van der Waals surface area contributed by atoms with Crippen molar-refractivity contribution in [1.29, 1.82) is 0 Å². The third kappa shape index (κ3) is 4.75. The van der Waals surface area contributed by atoms with E-state index in [-0.39, 0.29) is 6.04 Å². The molecular weight excluding hydrogens is 419 g/mol. The highest BCUT2D eigenvalue weighted by Crippen LogP contribution is 2.33. The summed E-state index contributed by atoms with van der Waals surface area (Å²) in [4.78, 5) is 12.3. The summed E-state index contributed by atoms with van der Waals surface area (Å²) in [7, 11) is 0. The summed E-state index contributed by atoms with van der Waals surface area (Å²) in [6.45, 7) is 2.07. The molecule has 1 aliphatic heterocycles. The number of aryl methyl sites for hydroxylation is 1. The molecule has 0 aromatic heterocycles. The Balaban J connectivity index is 1.54. The molecule has 1 heterocycles. The van der Waals surface area contributed by atoms with Crippen LogP contribution in [-0.4, -0.2) is 11.7 Å². The van der Waals surface area contributed by atoms with Crippen LogP contribution in [-0.2, 0) is 0 Å². The maximum Gasteiger partial charge on any atom is 0.339 e. The molecule has 0 saturated heterocycles. The molecule has 152 valence electrons. The number of para-hydroxylation sites is 1. The number of nitrogens with zero attached hydrogens (tertiary/aromatic N) is 1. The minimum absolute atomic E-state index is 0.0656. The Morgan fingerprint density at radius 3 is 2.47 bits per heavy atom. The first kappa shape index (κ1) is 20.3. The van der Waals surface area contributed by atoms with Crippen molar-refractivity contribution < 1.29 is 4.79 Å². The highest BCUT2D eigenvalue weighted by atomic mass is 35.5. The number of benzene rings is 3. The first-order valence-electron chi connectivity index (χ1n) is 9.50. The van der Waals surface area contributed by atoms with Crippen molar-refractivity contribution in [2.75, 3.05) is 10.6 Å². The number of fused-ring (bicyclic) bond motifs is 1. The smallest absolute Gasteiger partial charge is 0.339 e. The molecule has 1 aliphatic rings. The number of carbonyl (C=O) groups is 1. The SMILES string of the molecule is Cc1ccc(C2CC(=NNC(=O)Nc3cc(Cl)cc(Cl)c3)c3ccccc3N2)cc1. The summed E-state index contributed by atoms with van der Waals surface area (Å²) in [5.74, 6) is 0. The number of urea groups is 1. The lowest BCUT2D eigenvalue weighted by Gasteiger charge is -2.28. The van der Waals surface area contributed by atoms with Crippen LogP contribution in [0.15, 0.2) is 71.8 Å². The van der Waals surface area contributed by atoms with E-state index in [1.165, 1.54) is 11.1 Å². The summed E-state index contributed by atoms with van der Waals surface area (Å²) >= 11 is 12.0. The van der Waals surface area contributed by atoms with Crippen LogP contribution in [0.4, 0.5) is 16.2 Å². The molecule has 0 fully saturated rings. The molecule has 3 N–H and O–H groups in total. The van der Waals surface area contributed by atoms with Crippen LogP contribution in [0.3, 0.4) is 0 Å². The van der Waals surface area contributed by atoms with Crippen molar-refractivity contribution in [2.24, 2.45) is 5.10 Å². The molecule has 0 bridgehead atoms. The molecule has 0 spiro atoms. The Morgan fingerprint density at radius 2 is 1.73 bits per heavy atom. The molecule has 4 rings (SSSR count). The monoisotopic (exact) mass is 438 g/mol. The first-order valence-corrected chi connectivity index (χ1v) is 10.3. The number of amides is 2. The van der Waals surface area contributed by atoms with Gasteiger partial charge in [-0.15, -0.1) is 0 Å². The van der Waals surface area contributed by atoms with Gasteiger partial charge in [-0.05, 0) is 36.8 Å². The lowest BCUT2D eigenvalue weighted by molar-refractivity contribution is 0.252. The van der Waals surface area contributed by atoms with E-state index >= 15 is 0 Å². The van der Waals surface area contributed by atoms with Crippen LogP contribution >= 0.6 is 23.2 Å². The molecule has 3 aromatic carbocycles. The Bertz CT molecular complexity index is 1090. The second-order valence-electron chi connectivity index (χ2n) is 7.14. The van der Waals surface area contributed by atoms with Gasteiger partial charge in [-0.3, -0.25) is 0 Å². The molecule has 0 radical (unpaired) electrons. The summed E-state index contributed by atoms with van der Waals surface area (Å²) in [6, 6.07) is 20.8. The molecule has 2 amide bonds. The Labute approximate surface area is 185 Å². The minimum atomic E-state index is -0.469. The lowest BCUT2D eigenvalue weighted by Crippen LogP contribution is -2.29. The largest absolute Gasteiger partial charge is 0.377 e. The Kier molecular flexibility index (Phi) is 5.93. The maximum absolute atomic E-state index is 12.3. The Hall–Kier alpha value is -3.02. The fourth-order valence-electron chi connectivity index (χ4n) is 3.41. The fraction of sp³-hybridized carbons (Fsp3) is 0.130. The van der Waals surface area contributed by atoms with Crippen LogP contribution < -0.4 is 16.1 Å². The average Bonchev–Trinajstić information content (AvgIpc) is 2.71. The van der Waals surface area contributed by atoms with Gasteiger partial charge in [0, 0.05) is 33.4 Å². The summed E-state index contributed by atoms with van der Waals surface area (Å²) in [6.07, 6.45) is 0.642. The minimum Gasteiger partial charge on any atom is -0.377 e. The number of rotatable bonds is 3. The molecular formula is C23H20Cl2N4O. The van der Waals surface area contributed by atoms with Gasteiger partial charge < -0.3 is 10.6 Å². The highest BCUT2D eigenvalue weighted by Gasteiger charge is 2.24. The van der Waals surface area contributed by atoms with E-state index in [9.17, 15) is 4.79 Å². The third-order valence-electron chi connectivity index (χ3n) is 4.86. The zero-order valence-electron chi connectivity index (χ0n) is 16.2. The van der Waals surface area contributed by atoms with Crippen LogP contribution in [0.25, 0.3) is 0 Å². The predicted molar refractivity (Wildman–Crippen MR) is 124 cm³/mol. The predicted octanol–water partition coefficient (Wildman–Crippen LogP) is 6.38. The first-order chi connectivity index (χ1) is 14.5. The van der Waals surface area contributed by atoms with E-state index in [4.69, 9.17) is 23.2 Å². The normalized spacial score (nSPS) is 16.5. The molecule has 1 unspecified atom stereocenters. The van der Waals surface area contributed by atoms with Crippen LogP contribution in [0, 0.1) is 6.92 Å². The third-order valence-corrected chi connectivity index (χ3v) is 5.29. The molecule has 1 atom stereocenters. The van der Waals surface area contributed by atoms with E-state index in [2.05, 4.69) is 52.3 Å². The van der Waals surface area contributed by atoms with Gasteiger partial charge in [0.05, 0.1) is 11.8 Å². The van der Waals surface area contributed by atoms with E-state index in [0.717, 1.165) is 17.0 Å². The van der Waals surface area contributed by atoms with Gasteiger partial charge in [-0.1, -0.05) is 71.2 Å². The van der Waals surface area contributed by atoms with Crippen molar-refractivity contribution in [3.63, 3.8) is 0 Å². The summed E-state index contributed by atoms with van der Waals surface area (Å²) < 4.78 is 0. The zero-order valence-corrected chi connectivity index (χ0v) is 17.8. The number of hydrogen-bond acceptors (Lipinski definition) is 3. The van der Waals surface area contributed by atoms with Gasteiger partial charge in [-0.2, -0.15) is 5.10 Å². The van der Waals surface area contributed by atoms with Crippen LogP contribution in [0.2, 0.25) is 10.0 Å². The van der Waals surface area contributed by atoms with Crippen molar-refractivity contribution >= 4 is 46.3 Å². The van der Waals surface area contributed by atoms with E-state index in [0.29, 0.717) is 22.2 Å². The highest BCUT2D eigenvalue weighted by molar-refractivity contribution is 6.35. The van der Waals surface area contributed by atoms with Crippen molar-refractivity contribution in [1.82, 2.24) is 5.43 Å². The van der Waals surface area contributed by atoms with Crippen LogP contribution in [0.5, 0.6) is 0 Å². The van der Waals surface area contributed by atoms with E-state index in [1.807, 2.05) is 24.3 Å². The molecule has 0 aliphatic carbocycles. The van der Waals surface area contributed by atoms with Gasteiger partial charge in [0.25, 0.3) is 0 Å². The van der Waals surface area contributed by atoms with Crippen LogP contribution in [0.1, 0.15) is 29.2 Å². The number of halogens is 2. The van der Waals surface area contributed by atoms with Gasteiger partial charge in [0.15, 0.2) is 0 Å². The molecule has 30 heavy (non-hydrogen) atoms. The number of anilines is 2. The van der Waals surface area contributed by atoms with Crippen molar-refractivity contribution in [3.05, 3.63) is 93.5 Å². The number of carbonyl (C=O) groups excluding carboxylic acids is 1. The van der Waals surface area contributed by atoms with Gasteiger partial charge in [-0.25, -0.2) is 10.2 Å². The molecule has 7 heteroatoms. The maximum atomic E-state index is 12.3. The van der Waals surface area contributed by atoms with Crippen molar-refractivity contribution in [2.45, 2.75) is 19.4 Å². The van der Waals surface area contributed by atoms with Gasteiger partial charge in [0.1, 0.15) is 0 Å². The quantitative estimate of drug-likeness (QED) is 0.415. The average molecular weight is 439 g/mol. The second-order valence-corrected chi connectivity index (χ2v) is 8.01. The molecule has 5 nitrogen and oxygen atoms in total. The zero-order chi connectivity index (χ0) is 21.1. The molecule has 0 saturated carbocycles. The topological polar surface area (TPSA) is 65.5 Å². The summed E-state index contributed by atoms with van der Waals surface area (Å²) in [5.41, 5.74) is 8.21. The Morgan fingerprint density at radius 1 is 1.03 bits per heavy atom. The number of hydrazone groups is 1. The fourth-order valence-corrected chi connectivity index (χ4v) is 3.94. The van der Waals surface area contributed by atoms with Gasteiger partial charge in [0.2, 0.25) is 0 Å². The molecule has 3 aromatic rings. The van der Waals surface area contributed by atoms with Crippen molar-refractivity contribution in [3.8, 4) is 0 Å².